The molecule has 126 valence electrons. The summed E-state index contributed by atoms with van der Waals surface area (Å²) in [7, 11) is 0. The normalized spacial score (nSPS) is 24.0. The largest absolute Gasteiger partial charge is 0.452 e. The molecule has 0 bridgehead atoms. The molecule has 2 rings (SSSR count). The van der Waals surface area contributed by atoms with E-state index in [1.54, 1.807) is 23.9 Å². The third kappa shape index (κ3) is 4.99. The van der Waals surface area contributed by atoms with E-state index in [0.717, 1.165) is 17.7 Å². The van der Waals surface area contributed by atoms with Gasteiger partial charge in [0.15, 0.2) is 6.61 Å². The lowest BCUT2D eigenvalue weighted by Crippen LogP contribution is -2.45. The first-order valence-corrected chi connectivity index (χ1v) is 9.34. The molecule has 1 fully saturated rings. The third-order valence-electron chi connectivity index (χ3n) is 4.71. The van der Waals surface area contributed by atoms with Crippen LogP contribution in [-0.4, -0.2) is 30.8 Å². The van der Waals surface area contributed by atoms with Crippen molar-refractivity contribution in [3.8, 4) is 0 Å². The first kappa shape index (κ1) is 17.9. The Morgan fingerprint density at radius 1 is 1.22 bits per heavy atom. The number of amides is 1. The van der Waals surface area contributed by atoms with Gasteiger partial charge in [-0.05, 0) is 48.8 Å². The van der Waals surface area contributed by atoms with Crippen LogP contribution in [0.4, 0.5) is 0 Å². The summed E-state index contributed by atoms with van der Waals surface area (Å²) in [5, 5.41) is 3.00. The van der Waals surface area contributed by atoms with Crippen LogP contribution in [-0.2, 0) is 9.53 Å². The fourth-order valence-corrected chi connectivity index (χ4v) is 3.38. The second-order valence-electron chi connectivity index (χ2n) is 6.25. The maximum Gasteiger partial charge on any atom is 0.338 e. The van der Waals surface area contributed by atoms with E-state index < -0.39 is 5.97 Å². The highest BCUT2D eigenvalue weighted by molar-refractivity contribution is 7.98. The minimum Gasteiger partial charge on any atom is -0.452 e. The summed E-state index contributed by atoms with van der Waals surface area (Å²) in [5.41, 5.74) is 0.468. The molecule has 0 aliphatic heterocycles. The van der Waals surface area contributed by atoms with Gasteiger partial charge in [0.25, 0.3) is 5.91 Å². The minimum atomic E-state index is -0.460. The average molecular weight is 335 g/mol. The zero-order valence-electron chi connectivity index (χ0n) is 14.0. The number of nitrogens with one attached hydrogen (secondary N) is 1. The molecule has 1 aromatic carbocycles. The predicted octanol–water partition coefficient (Wildman–Crippen LogP) is 3.51. The van der Waals surface area contributed by atoms with Crippen LogP contribution in [0.5, 0.6) is 0 Å². The number of benzene rings is 1. The first-order chi connectivity index (χ1) is 11.0. The van der Waals surface area contributed by atoms with E-state index in [9.17, 15) is 9.59 Å². The van der Waals surface area contributed by atoms with Gasteiger partial charge in [-0.3, -0.25) is 4.79 Å². The van der Waals surface area contributed by atoms with Gasteiger partial charge in [-0.2, -0.15) is 0 Å². The van der Waals surface area contributed by atoms with Crippen molar-refractivity contribution < 1.29 is 14.3 Å². The molecule has 1 aliphatic carbocycles. The summed E-state index contributed by atoms with van der Waals surface area (Å²) in [6, 6.07) is 7.36. The summed E-state index contributed by atoms with van der Waals surface area (Å²) in [6.07, 6.45) is 5.33. The topological polar surface area (TPSA) is 55.4 Å². The molecule has 1 saturated carbocycles. The molecule has 1 aliphatic rings. The average Bonchev–Trinajstić information content (AvgIpc) is 2.57. The standard InChI is InChI=1S/C18H25NO3S/c1-12-5-4-6-16(13(12)2)19-17(20)11-22-18(21)14-7-9-15(23-3)10-8-14/h7-10,12-13,16H,4-6,11H2,1-3H3,(H,19,20)/t12-,13+,16+/m0/s1. The van der Waals surface area contributed by atoms with Gasteiger partial charge in [0, 0.05) is 10.9 Å². The van der Waals surface area contributed by atoms with Gasteiger partial charge in [-0.25, -0.2) is 4.79 Å². The third-order valence-corrected chi connectivity index (χ3v) is 5.46. The van der Waals surface area contributed by atoms with Crippen molar-refractivity contribution in [1.82, 2.24) is 5.32 Å². The Kier molecular flexibility index (Phi) is 6.51. The summed E-state index contributed by atoms with van der Waals surface area (Å²) >= 11 is 1.61. The van der Waals surface area contributed by atoms with Crippen molar-refractivity contribution >= 4 is 23.6 Å². The molecule has 0 heterocycles. The van der Waals surface area contributed by atoms with Crippen molar-refractivity contribution in [2.75, 3.05) is 12.9 Å². The smallest absolute Gasteiger partial charge is 0.338 e. The molecule has 4 nitrogen and oxygen atoms in total. The van der Waals surface area contributed by atoms with E-state index in [2.05, 4.69) is 19.2 Å². The molecule has 0 unspecified atom stereocenters. The van der Waals surface area contributed by atoms with Crippen LogP contribution in [0.2, 0.25) is 0 Å². The van der Waals surface area contributed by atoms with Crippen LogP contribution >= 0.6 is 11.8 Å². The van der Waals surface area contributed by atoms with Crippen LogP contribution in [0.15, 0.2) is 29.2 Å². The van der Waals surface area contributed by atoms with Gasteiger partial charge < -0.3 is 10.1 Å². The molecule has 23 heavy (non-hydrogen) atoms. The highest BCUT2D eigenvalue weighted by Gasteiger charge is 2.28. The van der Waals surface area contributed by atoms with Crippen LogP contribution in [0.1, 0.15) is 43.5 Å². The number of hydrogen-bond donors (Lipinski definition) is 1. The number of carbonyl (C=O) groups excluding carboxylic acids is 2. The number of rotatable bonds is 5. The first-order valence-electron chi connectivity index (χ1n) is 8.11. The Labute approximate surface area is 142 Å². The number of thioether (sulfide) groups is 1. The van der Waals surface area contributed by atoms with E-state index in [1.807, 2.05) is 18.4 Å². The van der Waals surface area contributed by atoms with Gasteiger partial charge in [0.1, 0.15) is 0 Å². The molecular formula is C18H25NO3S. The SMILES string of the molecule is CSc1ccc(C(=O)OCC(=O)N[C@@H]2CCC[C@H](C)[C@H]2C)cc1. The Hall–Kier alpha value is -1.49. The van der Waals surface area contributed by atoms with Gasteiger partial charge in [0.05, 0.1) is 5.56 Å². The lowest BCUT2D eigenvalue weighted by Gasteiger charge is -2.34. The summed E-state index contributed by atoms with van der Waals surface area (Å²) in [4.78, 5) is 25.0. The number of ether oxygens (including phenoxy) is 1. The predicted molar refractivity (Wildman–Crippen MR) is 92.6 cm³/mol. The van der Waals surface area contributed by atoms with E-state index >= 15 is 0 Å². The second kappa shape index (κ2) is 8.39. The van der Waals surface area contributed by atoms with Crippen LogP contribution in [0.3, 0.4) is 0 Å². The van der Waals surface area contributed by atoms with Crippen molar-refractivity contribution in [3.05, 3.63) is 29.8 Å². The van der Waals surface area contributed by atoms with Crippen molar-refractivity contribution in [2.24, 2.45) is 11.8 Å². The van der Waals surface area contributed by atoms with Crippen LogP contribution in [0.25, 0.3) is 0 Å². The molecule has 3 atom stereocenters. The van der Waals surface area contributed by atoms with E-state index in [0.29, 0.717) is 17.4 Å². The van der Waals surface area contributed by atoms with E-state index in [-0.39, 0.29) is 18.6 Å². The Morgan fingerprint density at radius 3 is 2.57 bits per heavy atom. The van der Waals surface area contributed by atoms with E-state index in [4.69, 9.17) is 4.74 Å². The maximum absolute atomic E-state index is 12.0. The molecule has 0 saturated heterocycles. The zero-order valence-corrected chi connectivity index (χ0v) is 14.8. The number of carbonyl (C=O) groups is 2. The Bertz CT molecular complexity index is 544. The molecular weight excluding hydrogens is 310 g/mol. The Balaban J connectivity index is 1.80. The fraction of sp³-hybridized carbons (Fsp3) is 0.556. The molecule has 1 aromatic rings. The molecule has 5 heteroatoms. The van der Waals surface area contributed by atoms with Gasteiger partial charge >= 0.3 is 5.97 Å². The van der Waals surface area contributed by atoms with Gasteiger partial charge in [0.2, 0.25) is 0 Å². The molecule has 1 N–H and O–H groups in total. The summed E-state index contributed by atoms with van der Waals surface area (Å²) < 4.78 is 5.11. The lowest BCUT2D eigenvalue weighted by molar-refractivity contribution is -0.125. The minimum absolute atomic E-state index is 0.186. The van der Waals surface area contributed by atoms with Crippen molar-refractivity contribution in [3.63, 3.8) is 0 Å². The van der Waals surface area contributed by atoms with E-state index in [1.165, 1.54) is 6.42 Å². The maximum atomic E-state index is 12.0. The highest BCUT2D eigenvalue weighted by Crippen LogP contribution is 2.29. The molecule has 1 amide bonds. The highest BCUT2D eigenvalue weighted by atomic mass is 32.2. The molecule has 0 aromatic heterocycles. The second-order valence-corrected chi connectivity index (χ2v) is 7.13. The lowest BCUT2D eigenvalue weighted by atomic mass is 9.78. The zero-order chi connectivity index (χ0) is 16.8. The van der Waals surface area contributed by atoms with Crippen LogP contribution in [0, 0.1) is 11.8 Å². The number of esters is 1. The fourth-order valence-electron chi connectivity index (χ4n) is 2.98. The molecule has 0 spiro atoms. The van der Waals surface area contributed by atoms with Crippen LogP contribution < -0.4 is 5.32 Å². The van der Waals surface area contributed by atoms with Gasteiger partial charge in [-0.1, -0.05) is 26.7 Å². The summed E-state index contributed by atoms with van der Waals surface area (Å²) in [6.45, 7) is 4.18. The van der Waals surface area contributed by atoms with Gasteiger partial charge in [-0.15, -0.1) is 11.8 Å². The monoisotopic (exact) mass is 335 g/mol. The Morgan fingerprint density at radius 2 is 1.91 bits per heavy atom. The molecule has 0 radical (unpaired) electrons. The van der Waals surface area contributed by atoms with Crippen molar-refractivity contribution in [1.29, 1.82) is 0 Å². The summed E-state index contributed by atoms with van der Waals surface area (Å²) in [5.74, 6) is 0.400. The quantitative estimate of drug-likeness (QED) is 0.661. The number of hydrogen-bond acceptors (Lipinski definition) is 4. The van der Waals surface area contributed by atoms with Crippen molar-refractivity contribution in [2.45, 2.75) is 44.0 Å².